The molecule has 0 fully saturated rings. The number of fused-ring (bicyclic) bond motifs is 1. The van der Waals surface area contributed by atoms with Gasteiger partial charge in [-0.15, -0.1) is 11.3 Å². The van der Waals surface area contributed by atoms with Crippen molar-refractivity contribution in [3.8, 4) is 16.5 Å². The van der Waals surface area contributed by atoms with Gasteiger partial charge >= 0.3 is 0 Å². The molecule has 20 heavy (non-hydrogen) atoms. The molecule has 3 aromatic rings. The standard InChI is InChI=1S/C14H10Cl2N2OS/c1-7-3-4-8(15)10-11(7)17-14(18-13(10)16)12-9(19-2)5-6-20-12/h3-6H,1-2H3. The van der Waals surface area contributed by atoms with Crippen LogP contribution in [-0.4, -0.2) is 17.1 Å². The van der Waals surface area contributed by atoms with Crippen LogP contribution in [0.15, 0.2) is 23.6 Å². The number of benzene rings is 1. The van der Waals surface area contributed by atoms with Gasteiger partial charge in [-0.05, 0) is 30.0 Å². The summed E-state index contributed by atoms with van der Waals surface area (Å²) in [5.74, 6) is 1.30. The molecule has 0 saturated heterocycles. The Bertz CT molecular complexity index is 801. The van der Waals surface area contributed by atoms with E-state index in [1.54, 1.807) is 13.2 Å². The van der Waals surface area contributed by atoms with Crippen LogP contribution in [0.4, 0.5) is 0 Å². The summed E-state index contributed by atoms with van der Waals surface area (Å²) >= 11 is 14.0. The molecular weight excluding hydrogens is 315 g/mol. The summed E-state index contributed by atoms with van der Waals surface area (Å²) < 4.78 is 5.31. The zero-order valence-electron chi connectivity index (χ0n) is 10.8. The summed E-state index contributed by atoms with van der Waals surface area (Å²) in [7, 11) is 1.62. The molecule has 0 saturated carbocycles. The number of rotatable bonds is 2. The molecule has 2 aromatic heterocycles. The van der Waals surface area contributed by atoms with Crippen molar-refractivity contribution < 1.29 is 4.74 Å². The minimum absolute atomic E-state index is 0.356. The number of halogens is 2. The van der Waals surface area contributed by atoms with Crippen molar-refractivity contribution in [1.29, 1.82) is 0 Å². The van der Waals surface area contributed by atoms with Gasteiger partial charge in [-0.3, -0.25) is 0 Å². The summed E-state index contributed by atoms with van der Waals surface area (Å²) in [4.78, 5) is 9.81. The second kappa shape index (κ2) is 5.20. The summed E-state index contributed by atoms with van der Waals surface area (Å²) in [5, 5.41) is 3.53. The maximum absolute atomic E-state index is 6.28. The second-order valence-corrected chi connectivity index (χ2v) is 5.93. The van der Waals surface area contributed by atoms with Gasteiger partial charge in [0.1, 0.15) is 15.8 Å². The van der Waals surface area contributed by atoms with Crippen molar-refractivity contribution in [2.24, 2.45) is 0 Å². The number of aromatic nitrogens is 2. The van der Waals surface area contributed by atoms with Crippen molar-refractivity contribution >= 4 is 45.4 Å². The van der Waals surface area contributed by atoms with E-state index in [0.717, 1.165) is 21.7 Å². The molecule has 0 atom stereocenters. The Hall–Kier alpha value is -1.36. The van der Waals surface area contributed by atoms with Gasteiger partial charge in [0.2, 0.25) is 0 Å². The van der Waals surface area contributed by atoms with Crippen LogP contribution < -0.4 is 4.74 Å². The molecular formula is C14H10Cl2N2OS. The van der Waals surface area contributed by atoms with Crippen LogP contribution >= 0.6 is 34.5 Å². The van der Waals surface area contributed by atoms with Gasteiger partial charge in [-0.2, -0.15) is 0 Å². The van der Waals surface area contributed by atoms with Crippen LogP contribution in [0.3, 0.4) is 0 Å². The number of methoxy groups -OCH3 is 1. The van der Waals surface area contributed by atoms with Crippen LogP contribution in [0.25, 0.3) is 21.6 Å². The van der Waals surface area contributed by atoms with Crippen molar-refractivity contribution in [3.05, 3.63) is 39.3 Å². The van der Waals surface area contributed by atoms with Gasteiger partial charge in [0.15, 0.2) is 5.82 Å². The molecule has 6 heteroatoms. The Labute approximate surface area is 130 Å². The van der Waals surface area contributed by atoms with Crippen LogP contribution in [-0.2, 0) is 0 Å². The second-order valence-electron chi connectivity index (χ2n) is 4.24. The molecule has 0 unspecified atom stereocenters. The number of aryl methyl sites for hydroxylation is 1. The van der Waals surface area contributed by atoms with Crippen molar-refractivity contribution in [3.63, 3.8) is 0 Å². The first kappa shape index (κ1) is 13.6. The smallest absolute Gasteiger partial charge is 0.175 e. The first-order chi connectivity index (χ1) is 9.61. The van der Waals surface area contributed by atoms with Gasteiger partial charge in [0, 0.05) is 0 Å². The van der Waals surface area contributed by atoms with Crippen LogP contribution in [0, 0.1) is 6.92 Å². The summed E-state index contributed by atoms with van der Waals surface area (Å²) in [5.41, 5.74) is 1.77. The van der Waals surface area contributed by atoms with Gasteiger partial charge in [0.05, 0.1) is 23.0 Å². The number of ether oxygens (including phenoxy) is 1. The number of hydrogen-bond donors (Lipinski definition) is 0. The third kappa shape index (κ3) is 2.14. The Kier molecular flexibility index (Phi) is 3.54. The van der Waals surface area contributed by atoms with E-state index in [1.807, 2.05) is 24.4 Å². The minimum atomic E-state index is 0.356. The number of nitrogens with zero attached hydrogens (tertiary/aromatic N) is 2. The zero-order valence-corrected chi connectivity index (χ0v) is 13.1. The first-order valence-corrected chi connectivity index (χ1v) is 7.49. The summed E-state index contributed by atoms with van der Waals surface area (Å²) in [6, 6.07) is 5.61. The van der Waals surface area contributed by atoms with Gasteiger partial charge < -0.3 is 4.74 Å². The number of thiophene rings is 1. The van der Waals surface area contributed by atoms with E-state index in [0.29, 0.717) is 21.4 Å². The molecule has 0 aliphatic heterocycles. The van der Waals surface area contributed by atoms with Crippen LogP contribution in [0.2, 0.25) is 10.2 Å². The lowest BCUT2D eigenvalue weighted by Crippen LogP contribution is -1.94. The fourth-order valence-corrected chi connectivity index (χ4v) is 3.37. The number of hydrogen-bond acceptors (Lipinski definition) is 4. The summed E-state index contributed by atoms with van der Waals surface area (Å²) in [6.07, 6.45) is 0. The van der Waals surface area contributed by atoms with E-state index in [9.17, 15) is 0 Å². The Morgan fingerprint density at radius 3 is 2.70 bits per heavy atom. The lowest BCUT2D eigenvalue weighted by Gasteiger charge is -2.08. The van der Waals surface area contributed by atoms with Gasteiger partial charge in [-0.25, -0.2) is 9.97 Å². The normalized spacial score (nSPS) is 11.0. The molecule has 0 aliphatic rings. The fraction of sp³-hybridized carbons (Fsp3) is 0.143. The quantitative estimate of drug-likeness (QED) is 0.623. The molecule has 1 aromatic carbocycles. The van der Waals surface area contributed by atoms with Crippen molar-refractivity contribution in [2.75, 3.05) is 7.11 Å². The highest BCUT2D eigenvalue weighted by atomic mass is 35.5. The monoisotopic (exact) mass is 324 g/mol. The largest absolute Gasteiger partial charge is 0.495 e. The molecule has 0 bridgehead atoms. The molecule has 3 nitrogen and oxygen atoms in total. The van der Waals surface area contributed by atoms with Crippen LogP contribution in [0.5, 0.6) is 5.75 Å². The third-order valence-corrected chi connectivity index (χ3v) is 4.49. The van der Waals surface area contributed by atoms with E-state index in [4.69, 9.17) is 27.9 Å². The lowest BCUT2D eigenvalue weighted by atomic mass is 10.1. The molecule has 102 valence electrons. The molecule has 2 heterocycles. The summed E-state index contributed by atoms with van der Waals surface area (Å²) in [6.45, 7) is 1.97. The first-order valence-electron chi connectivity index (χ1n) is 5.86. The fourth-order valence-electron chi connectivity index (χ4n) is 2.01. The molecule has 0 spiro atoms. The SMILES string of the molecule is COc1ccsc1-c1nc(Cl)c2c(Cl)ccc(C)c2n1. The average molecular weight is 325 g/mol. The third-order valence-electron chi connectivity index (χ3n) is 3.01. The molecule has 0 aliphatic carbocycles. The highest BCUT2D eigenvalue weighted by Gasteiger charge is 2.16. The Morgan fingerprint density at radius 2 is 1.95 bits per heavy atom. The Morgan fingerprint density at radius 1 is 1.15 bits per heavy atom. The van der Waals surface area contributed by atoms with Gasteiger partial charge in [-0.1, -0.05) is 29.3 Å². The Balaban J connectivity index is 2.32. The van der Waals surface area contributed by atoms with E-state index >= 15 is 0 Å². The van der Waals surface area contributed by atoms with E-state index in [2.05, 4.69) is 9.97 Å². The highest BCUT2D eigenvalue weighted by molar-refractivity contribution is 7.13. The maximum Gasteiger partial charge on any atom is 0.175 e. The van der Waals surface area contributed by atoms with E-state index in [-0.39, 0.29) is 0 Å². The maximum atomic E-state index is 6.28. The van der Waals surface area contributed by atoms with Crippen LogP contribution in [0.1, 0.15) is 5.56 Å². The highest BCUT2D eigenvalue weighted by Crippen LogP contribution is 2.37. The topological polar surface area (TPSA) is 35.0 Å². The van der Waals surface area contributed by atoms with Gasteiger partial charge in [0.25, 0.3) is 0 Å². The predicted octanol–water partition coefficient (Wildman–Crippen LogP) is 4.98. The van der Waals surface area contributed by atoms with Crippen molar-refractivity contribution in [2.45, 2.75) is 6.92 Å². The van der Waals surface area contributed by atoms with Crippen molar-refractivity contribution in [1.82, 2.24) is 9.97 Å². The molecule has 3 rings (SSSR count). The predicted molar refractivity (Wildman–Crippen MR) is 84.2 cm³/mol. The van der Waals surface area contributed by atoms with E-state index in [1.165, 1.54) is 11.3 Å². The molecule has 0 radical (unpaired) electrons. The zero-order chi connectivity index (χ0) is 14.3. The molecule has 0 N–H and O–H groups in total. The minimum Gasteiger partial charge on any atom is -0.495 e. The lowest BCUT2D eigenvalue weighted by molar-refractivity contribution is 0.418. The average Bonchev–Trinajstić information content (AvgIpc) is 2.91. The molecule has 0 amide bonds. The van der Waals surface area contributed by atoms with E-state index < -0.39 is 0 Å².